The van der Waals surface area contributed by atoms with E-state index in [1.54, 1.807) is 0 Å². The number of rotatable bonds is 2. The average molecular weight is 509 g/mol. The number of hydrogen-bond donors (Lipinski definition) is 1. The minimum Gasteiger partial charge on any atom is -0.354 e. The summed E-state index contributed by atoms with van der Waals surface area (Å²) in [4.78, 5) is 3.59. The van der Waals surface area contributed by atoms with Crippen molar-refractivity contribution in [3.63, 3.8) is 0 Å². The fourth-order valence-corrected chi connectivity index (χ4v) is 5.64. The Morgan fingerprint density at radius 1 is 0.526 bits per heavy atom. The molecule has 0 saturated heterocycles. The second-order valence-electron chi connectivity index (χ2n) is 9.33. The van der Waals surface area contributed by atoms with Crippen molar-refractivity contribution in [2.24, 2.45) is 0 Å². The van der Waals surface area contributed by atoms with E-state index in [4.69, 9.17) is 15.7 Å². The molecule has 6 aromatic carbocycles. The number of nitrogens with one attached hydrogen (secondary N) is 1. The van der Waals surface area contributed by atoms with Gasteiger partial charge in [0.2, 0.25) is 0 Å². The SMILES string of the molecule is [2H]c1c([2H])c(Cl)c2c([nH]c3c(-c4cccc(-c5ccccc5)c4)cccc3c3ccccc3c3ccccc32)c1[2H]. The molecule has 0 unspecified atom stereocenters. The molecule has 180 valence electrons. The Labute approximate surface area is 230 Å². The van der Waals surface area contributed by atoms with Crippen molar-refractivity contribution in [2.45, 2.75) is 0 Å². The van der Waals surface area contributed by atoms with Crippen molar-refractivity contribution in [3.05, 3.63) is 144 Å². The lowest BCUT2D eigenvalue weighted by Crippen LogP contribution is -1.86. The van der Waals surface area contributed by atoms with E-state index in [0.717, 1.165) is 54.7 Å². The second kappa shape index (κ2) is 9.37. The molecule has 0 atom stereocenters. The van der Waals surface area contributed by atoms with Crippen molar-refractivity contribution in [1.29, 1.82) is 0 Å². The van der Waals surface area contributed by atoms with Crippen LogP contribution in [0.25, 0.3) is 65.6 Å². The topological polar surface area (TPSA) is 15.8 Å². The quantitative estimate of drug-likeness (QED) is 0.239. The van der Waals surface area contributed by atoms with E-state index in [-0.39, 0.29) is 23.1 Å². The molecule has 0 aliphatic carbocycles. The summed E-state index contributed by atoms with van der Waals surface area (Å²) in [7, 11) is 0. The number of para-hydroxylation sites is 1. The minimum atomic E-state index is -0.208. The van der Waals surface area contributed by atoms with Crippen LogP contribution in [-0.4, -0.2) is 4.98 Å². The van der Waals surface area contributed by atoms with Crippen LogP contribution >= 0.6 is 11.6 Å². The fourth-order valence-electron chi connectivity index (χ4n) is 5.39. The third-order valence-corrected chi connectivity index (χ3v) is 7.41. The van der Waals surface area contributed by atoms with Gasteiger partial charge < -0.3 is 4.98 Å². The molecule has 0 fully saturated rings. The molecule has 1 N–H and O–H groups in total. The number of fused-ring (bicyclic) bond motifs is 7. The third-order valence-electron chi connectivity index (χ3n) is 7.13. The Morgan fingerprint density at radius 2 is 1.11 bits per heavy atom. The van der Waals surface area contributed by atoms with Crippen LogP contribution in [0, 0.1) is 0 Å². The monoisotopic (exact) mass is 508 g/mol. The molecular weight excluding hydrogens is 482 g/mol. The van der Waals surface area contributed by atoms with Gasteiger partial charge >= 0.3 is 0 Å². The molecule has 1 nitrogen and oxygen atoms in total. The summed E-state index contributed by atoms with van der Waals surface area (Å²) in [5.74, 6) is 0. The summed E-state index contributed by atoms with van der Waals surface area (Å²) in [6.07, 6.45) is 0. The van der Waals surface area contributed by atoms with Gasteiger partial charge in [0.05, 0.1) is 14.7 Å². The van der Waals surface area contributed by atoms with Crippen LogP contribution in [-0.2, 0) is 0 Å². The molecule has 0 saturated carbocycles. The van der Waals surface area contributed by atoms with Crippen molar-refractivity contribution in [1.82, 2.24) is 4.98 Å². The van der Waals surface area contributed by atoms with E-state index in [0.29, 0.717) is 10.9 Å². The lowest BCUT2D eigenvalue weighted by Gasteiger charge is -2.10. The first-order valence-electron chi connectivity index (χ1n) is 14.1. The zero-order valence-electron chi connectivity index (χ0n) is 23.4. The summed E-state index contributed by atoms with van der Waals surface area (Å²) in [6, 6.07) is 40.8. The molecule has 7 rings (SSSR count). The van der Waals surface area contributed by atoms with Gasteiger partial charge in [-0.3, -0.25) is 0 Å². The first-order valence-corrected chi connectivity index (χ1v) is 12.9. The zero-order chi connectivity index (χ0) is 28.1. The van der Waals surface area contributed by atoms with Gasteiger partial charge in [-0.2, -0.15) is 0 Å². The number of H-pyrrole nitrogens is 1. The van der Waals surface area contributed by atoms with Gasteiger partial charge in [0.25, 0.3) is 0 Å². The van der Waals surface area contributed by atoms with Gasteiger partial charge in [-0.15, -0.1) is 0 Å². The van der Waals surface area contributed by atoms with Crippen molar-refractivity contribution < 1.29 is 4.11 Å². The number of aromatic nitrogens is 1. The Hall–Kier alpha value is -4.59. The molecule has 2 heteroatoms. The number of aromatic amines is 1. The molecule has 0 radical (unpaired) electrons. The summed E-state index contributed by atoms with van der Waals surface area (Å²) < 4.78 is 26.1. The van der Waals surface area contributed by atoms with Gasteiger partial charge in [-0.25, -0.2) is 0 Å². The standard InChI is InChI=1S/C36H24ClN/c37-33-21-10-22-34-35(33)31-18-7-6-16-29(31)28-15-4-5-17-30(28)32-20-9-19-27(36(32)38-34)26-14-8-13-25(23-26)24-11-2-1-3-12-24/h1-23,38H/i10D,21D,22D. The maximum Gasteiger partial charge on any atom is 0.0645 e. The van der Waals surface area contributed by atoms with Gasteiger partial charge in [-0.1, -0.05) is 133 Å². The molecule has 38 heavy (non-hydrogen) atoms. The highest BCUT2D eigenvalue weighted by atomic mass is 35.5. The van der Waals surface area contributed by atoms with E-state index in [2.05, 4.69) is 71.7 Å². The lowest BCUT2D eigenvalue weighted by atomic mass is 9.96. The predicted octanol–water partition coefficient (Wildman–Crippen LogP) is 10.7. The largest absolute Gasteiger partial charge is 0.354 e. The maximum atomic E-state index is 8.99. The van der Waals surface area contributed by atoms with E-state index in [1.807, 2.05) is 54.6 Å². The van der Waals surface area contributed by atoms with E-state index in [9.17, 15) is 0 Å². The number of hydrogen-bond acceptors (Lipinski definition) is 0. The molecule has 0 spiro atoms. The van der Waals surface area contributed by atoms with Crippen molar-refractivity contribution in [2.75, 3.05) is 0 Å². The maximum absolute atomic E-state index is 8.99. The van der Waals surface area contributed by atoms with Crippen LogP contribution in [0.2, 0.25) is 5.02 Å². The van der Waals surface area contributed by atoms with Gasteiger partial charge in [0.15, 0.2) is 0 Å². The highest BCUT2D eigenvalue weighted by Gasteiger charge is 2.11. The van der Waals surface area contributed by atoms with E-state index in [1.165, 1.54) is 0 Å². The first-order chi connectivity index (χ1) is 20.0. The Bertz CT molecular complexity index is 2200. The average Bonchev–Trinajstić information content (AvgIpc) is 3.08. The van der Waals surface area contributed by atoms with Gasteiger partial charge in [0.1, 0.15) is 0 Å². The van der Waals surface area contributed by atoms with Crippen LogP contribution in [0.4, 0.5) is 0 Å². The number of benzene rings is 6. The van der Waals surface area contributed by atoms with Gasteiger partial charge in [-0.05, 0) is 56.4 Å². The normalized spacial score (nSPS) is 12.4. The van der Waals surface area contributed by atoms with E-state index >= 15 is 0 Å². The molecule has 0 amide bonds. The third kappa shape index (κ3) is 3.80. The fraction of sp³-hybridized carbons (Fsp3) is 0. The molecule has 0 aliphatic rings. The summed E-state index contributed by atoms with van der Waals surface area (Å²) in [5, 5.41) is 5.52. The second-order valence-corrected chi connectivity index (χ2v) is 9.71. The number of halogens is 1. The Morgan fingerprint density at radius 3 is 1.89 bits per heavy atom. The highest BCUT2D eigenvalue weighted by molar-refractivity contribution is 6.38. The molecule has 1 heterocycles. The molecular formula is C36H24ClN. The van der Waals surface area contributed by atoms with Crippen LogP contribution in [0.5, 0.6) is 0 Å². The summed E-state index contributed by atoms with van der Waals surface area (Å²) >= 11 is 6.86. The first kappa shape index (κ1) is 19.5. The summed E-state index contributed by atoms with van der Waals surface area (Å²) in [5.41, 5.74) is 5.46. The van der Waals surface area contributed by atoms with Crippen LogP contribution in [0.15, 0.2) is 139 Å². The van der Waals surface area contributed by atoms with Gasteiger partial charge in [0, 0.05) is 21.9 Å². The smallest absolute Gasteiger partial charge is 0.0645 e. The predicted molar refractivity (Wildman–Crippen MR) is 164 cm³/mol. The molecule has 1 aromatic heterocycles. The molecule has 7 aromatic rings. The lowest BCUT2D eigenvalue weighted by molar-refractivity contribution is 1.51. The van der Waals surface area contributed by atoms with Crippen LogP contribution in [0.1, 0.15) is 4.11 Å². The Balaban J connectivity index is 1.75. The minimum absolute atomic E-state index is 0.0612. The summed E-state index contributed by atoms with van der Waals surface area (Å²) in [6.45, 7) is 0. The molecule has 0 bridgehead atoms. The van der Waals surface area contributed by atoms with Crippen molar-refractivity contribution >= 4 is 55.0 Å². The van der Waals surface area contributed by atoms with Crippen LogP contribution < -0.4 is 0 Å². The highest BCUT2D eigenvalue weighted by Crippen LogP contribution is 2.37. The molecule has 0 aliphatic heterocycles. The Kier molecular flexibility index (Phi) is 4.81. The van der Waals surface area contributed by atoms with E-state index < -0.39 is 0 Å². The van der Waals surface area contributed by atoms with Crippen LogP contribution in [0.3, 0.4) is 0 Å². The van der Waals surface area contributed by atoms with Crippen molar-refractivity contribution in [3.8, 4) is 22.3 Å². The zero-order valence-corrected chi connectivity index (χ0v) is 21.2.